The normalized spacial score (nSPS) is 15.2. The van der Waals surface area contributed by atoms with Crippen LogP contribution in [0.5, 0.6) is 0 Å². The third-order valence-corrected chi connectivity index (χ3v) is 13.6. The number of fused-ring (bicyclic) bond motifs is 14. The van der Waals surface area contributed by atoms with Crippen molar-refractivity contribution in [1.82, 2.24) is 0 Å². The molecule has 0 radical (unpaired) electrons. The summed E-state index contributed by atoms with van der Waals surface area (Å²) in [4.78, 5) is 2.49. The predicted molar refractivity (Wildman–Crippen MR) is 249 cm³/mol. The van der Waals surface area contributed by atoms with Gasteiger partial charge in [-0.25, -0.2) is 0 Å². The van der Waals surface area contributed by atoms with Crippen LogP contribution < -0.4 is 4.90 Å². The summed E-state index contributed by atoms with van der Waals surface area (Å²) in [5, 5.41) is 0. The number of anilines is 3. The van der Waals surface area contributed by atoms with Crippen molar-refractivity contribution < 1.29 is 0 Å². The van der Waals surface area contributed by atoms with Crippen LogP contribution in [0.15, 0.2) is 188 Å². The van der Waals surface area contributed by atoms with Gasteiger partial charge in [-0.05, 0) is 138 Å². The number of aryl methyl sites for hydroxylation is 1. The monoisotopic (exact) mass is 757 g/mol. The van der Waals surface area contributed by atoms with Gasteiger partial charge in [0.25, 0.3) is 0 Å². The van der Waals surface area contributed by atoms with E-state index in [0.29, 0.717) is 0 Å². The molecule has 0 aliphatic heterocycles. The lowest BCUT2D eigenvalue weighted by Gasteiger charge is -2.35. The maximum atomic E-state index is 2.52. The Kier molecular flexibility index (Phi) is 8.07. The molecule has 0 heterocycles. The van der Waals surface area contributed by atoms with Gasteiger partial charge in [0.2, 0.25) is 0 Å². The Morgan fingerprint density at radius 3 is 1.56 bits per heavy atom. The third kappa shape index (κ3) is 4.98. The largest absolute Gasteiger partial charge is 0.310 e. The molecular weight excluding hydrogens is 711 g/mol. The van der Waals surface area contributed by atoms with Gasteiger partial charge in [-0.15, -0.1) is 0 Å². The van der Waals surface area contributed by atoms with Gasteiger partial charge in [-0.2, -0.15) is 0 Å². The molecule has 59 heavy (non-hydrogen) atoms. The van der Waals surface area contributed by atoms with E-state index >= 15 is 0 Å². The summed E-state index contributed by atoms with van der Waals surface area (Å²) in [6.07, 6.45) is 2.06. The second-order valence-electron chi connectivity index (χ2n) is 16.7. The summed E-state index contributed by atoms with van der Waals surface area (Å²) < 4.78 is 0. The highest BCUT2D eigenvalue weighted by molar-refractivity contribution is 6.11. The number of hydrogen-bond acceptors (Lipinski definition) is 1. The van der Waals surface area contributed by atoms with Crippen molar-refractivity contribution in [2.24, 2.45) is 0 Å². The number of allylic oxidation sites excluding steroid dienone is 2. The fourth-order valence-corrected chi connectivity index (χ4v) is 11.1. The van der Waals surface area contributed by atoms with E-state index in [1.807, 2.05) is 13.8 Å². The van der Waals surface area contributed by atoms with Crippen LogP contribution >= 0.6 is 0 Å². The SMILES string of the molecule is CC.CC1(C)c2ccccc2-c2ccc(N(c3ccc(-c4ccccc4)cc3)c3ccc4c(c3)C3=C(c5ccccc5CC3)C43c4ccccc4-c4ccccc43)cc21. The molecule has 0 saturated carbocycles. The summed E-state index contributed by atoms with van der Waals surface area (Å²) in [6, 6.07) is 70.8. The number of rotatable bonds is 4. The molecule has 0 fully saturated rings. The lowest BCUT2D eigenvalue weighted by molar-refractivity contribution is 0.660. The fourth-order valence-electron chi connectivity index (χ4n) is 11.1. The summed E-state index contributed by atoms with van der Waals surface area (Å²) in [6.45, 7) is 8.75. The van der Waals surface area contributed by atoms with Gasteiger partial charge in [0.05, 0.1) is 5.41 Å². The zero-order valence-electron chi connectivity index (χ0n) is 34.3. The van der Waals surface area contributed by atoms with E-state index in [9.17, 15) is 0 Å². The number of hydrogen-bond donors (Lipinski definition) is 0. The zero-order valence-corrected chi connectivity index (χ0v) is 34.3. The summed E-state index contributed by atoms with van der Waals surface area (Å²) in [5.41, 5.74) is 25.0. The summed E-state index contributed by atoms with van der Waals surface area (Å²) in [5.74, 6) is 0. The average Bonchev–Trinajstić information content (AvgIpc) is 3.86. The molecule has 284 valence electrons. The highest BCUT2D eigenvalue weighted by Gasteiger charge is 2.54. The summed E-state index contributed by atoms with van der Waals surface area (Å²) in [7, 11) is 0. The molecule has 1 nitrogen and oxygen atoms in total. The molecule has 0 N–H and O–H groups in total. The van der Waals surface area contributed by atoms with E-state index in [0.717, 1.165) is 18.5 Å². The first-order chi connectivity index (χ1) is 29.0. The van der Waals surface area contributed by atoms with Crippen LogP contribution in [0.3, 0.4) is 0 Å². The first-order valence-corrected chi connectivity index (χ1v) is 21.4. The molecule has 0 atom stereocenters. The zero-order chi connectivity index (χ0) is 39.9. The van der Waals surface area contributed by atoms with Gasteiger partial charge in [0.1, 0.15) is 0 Å². The van der Waals surface area contributed by atoms with E-state index in [2.05, 4.69) is 207 Å². The van der Waals surface area contributed by atoms with Crippen molar-refractivity contribution in [3.8, 4) is 33.4 Å². The minimum Gasteiger partial charge on any atom is -0.310 e. The van der Waals surface area contributed by atoms with Crippen molar-refractivity contribution in [3.05, 3.63) is 233 Å². The highest BCUT2D eigenvalue weighted by Crippen LogP contribution is 2.66. The lowest BCUT2D eigenvalue weighted by Crippen LogP contribution is -2.27. The van der Waals surface area contributed by atoms with E-state index in [-0.39, 0.29) is 10.8 Å². The van der Waals surface area contributed by atoms with Crippen molar-refractivity contribution in [1.29, 1.82) is 0 Å². The second-order valence-corrected chi connectivity index (χ2v) is 16.7. The molecule has 8 aromatic carbocycles. The molecule has 4 aliphatic rings. The topological polar surface area (TPSA) is 3.24 Å². The molecule has 0 unspecified atom stereocenters. The van der Waals surface area contributed by atoms with Crippen molar-refractivity contribution in [3.63, 3.8) is 0 Å². The smallest absolute Gasteiger partial charge is 0.0728 e. The maximum Gasteiger partial charge on any atom is 0.0728 e. The van der Waals surface area contributed by atoms with Crippen molar-refractivity contribution in [2.45, 2.75) is 51.4 Å². The van der Waals surface area contributed by atoms with Gasteiger partial charge in [0.15, 0.2) is 0 Å². The predicted octanol–water partition coefficient (Wildman–Crippen LogP) is 15.3. The van der Waals surface area contributed by atoms with E-state index in [1.165, 1.54) is 100 Å². The minimum atomic E-state index is -0.377. The first-order valence-electron chi connectivity index (χ1n) is 21.4. The molecule has 0 aromatic heterocycles. The van der Waals surface area contributed by atoms with E-state index in [1.54, 1.807) is 0 Å². The Morgan fingerprint density at radius 1 is 0.373 bits per heavy atom. The van der Waals surface area contributed by atoms with Crippen LogP contribution in [-0.2, 0) is 17.3 Å². The average molecular weight is 758 g/mol. The minimum absolute atomic E-state index is 0.104. The lowest BCUT2D eigenvalue weighted by atomic mass is 9.66. The highest BCUT2D eigenvalue weighted by atomic mass is 15.1. The van der Waals surface area contributed by atoms with Crippen LogP contribution in [0, 0.1) is 0 Å². The molecule has 0 bridgehead atoms. The van der Waals surface area contributed by atoms with Crippen molar-refractivity contribution in [2.75, 3.05) is 4.90 Å². The van der Waals surface area contributed by atoms with E-state index in [4.69, 9.17) is 0 Å². The summed E-state index contributed by atoms with van der Waals surface area (Å²) >= 11 is 0. The molecule has 12 rings (SSSR count). The number of benzene rings is 8. The molecule has 1 heteroatoms. The van der Waals surface area contributed by atoms with Gasteiger partial charge >= 0.3 is 0 Å². The van der Waals surface area contributed by atoms with Gasteiger partial charge in [-0.3, -0.25) is 0 Å². The van der Waals surface area contributed by atoms with Crippen LogP contribution in [0.1, 0.15) is 78.6 Å². The molecule has 4 aliphatic carbocycles. The van der Waals surface area contributed by atoms with Crippen LogP contribution in [0.4, 0.5) is 17.1 Å². The first kappa shape index (κ1) is 35.5. The molecule has 1 spiro atoms. The van der Waals surface area contributed by atoms with Crippen LogP contribution in [0.2, 0.25) is 0 Å². The molecule has 0 amide bonds. The van der Waals surface area contributed by atoms with Crippen molar-refractivity contribution >= 4 is 28.2 Å². The Morgan fingerprint density at radius 2 is 0.864 bits per heavy atom. The second kappa shape index (κ2) is 13.4. The number of nitrogens with zero attached hydrogens (tertiary/aromatic N) is 1. The Labute approximate surface area is 349 Å². The van der Waals surface area contributed by atoms with E-state index < -0.39 is 0 Å². The Balaban J connectivity index is 0.00000196. The Bertz CT molecular complexity index is 2930. The maximum absolute atomic E-state index is 2.52. The Hall–Kier alpha value is -6.70. The van der Waals surface area contributed by atoms with Gasteiger partial charge in [0, 0.05) is 22.5 Å². The molecule has 0 saturated heterocycles. The quantitative estimate of drug-likeness (QED) is 0.173. The van der Waals surface area contributed by atoms with Gasteiger partial charge in [-0.1, -0.05) is 179 Å². The standard InChI is InChI=1S/C56H41N.C2H6/c1-55(2)49-21-11-8-18-43(49)46-32-29-41(35-53(46)55)57(39-27-24-37(25-28-39)36-14-4-3-5-15-36)40-30-33-52-48(34-40)47-31-26-38-16-6-7-17-42(38)54(47)56(52)50-22-12-9-19-44(50)45-20-10-13-23-51(45)56;1-2/h3-25,27-30,32-35H,26,31H2,1-2H3;1-2H3. The van der Waals surface area contributed by atoms with Crippen LogP contribution in [0.25, 0.3) is 44.5 Å². The third-order valence-electron chi connectivity index (χ3n) is 13.6. The van der Waals surface area contributed by atoms with Crippen LogP contribution in [-0.4, -0.2) is 0 Å². The van der Waals surface area contributed by atoms with Gasteiger partial charge < -0.3 is 4.90 Å². The molecule has 8 aromatic rings. The molecular formula is C58H47N. The fraction of sp³-hybridized carbons (Fsp3) is 0.138.